The number of nitrogens with zero attached hydrogens (tertiary/aromatic N) is 1. The van der Waals surface area contributed by atoms with E-state index < -0.39 is 10.0 Å². The molecule has 0 fully saturated rings. The molecule has 0 saturated heterocycles. The maximum Gasteiger partial charge on any atom is 0.241 e. The third kappa shape index (κ3) is 6.19. The summed E-state index contributed by atoms with van der Waals surface area (Å²) in [4.78, 5) is 15.1. The van der Waals surface area contributed by atoms with Gasteiger partial charge in [-0.05, 0) is 38.4 Å². The number of rotatable bonds is 11. The van der Waals surface area contributed by atoms with Crippen LogP contribution in [0.25, 0.3) is 10.8 Å². The SMILES string of the molecule is CC(=O)CCCCCNCCNS(=O)(=O)c1cccc2cnccc12. The first-order valence-electron chi connectivity index (χ1n) is 8.53. The maximum atomic E-state index is 12.5. The van der Waals surface area contributed by atoms with Crippen molar-refractivity contribution in [3.05, 3.63) is 36.7 Å². The van der Waals surface area contributed by atoms with Gasteiger partial charge < -0.3 is 10.1 Å². The Balaban J connectivity index is 1.75. The first kappa shape index (κ1) is 19.5. The molecule has 0 atom stereocenters. The van der Waals surface area contributed by atoms with Crippen LogP contribution in [0.2, 0.25) is 0 Å². The second kappa shape index (κ2) is 9.60. The van der Waals surface area contributed by atoms with Gasteiger partial charge in [0.05, 0.1) is 4.90 Å². The topological polar surface area (TPSA) is 88.2 Å². The first-order valence-corrected chi connectivity index (χ1v) is 10.0. The standard InChI is InChI=1S/C18H25N3O3S/c1-15(22)6-3-2-4-10-19-12-13-21-25(23,24)18-8-5-7-16-14-20-11-9-17(16)18/h5,7-9,11,14,19,21H,2-4,6,10,12-13H2,1H3. The van der Waals surface area contributed by atoms with E-state index in [1.807, 2.05) is 6.07 Å². The number of unbranched alkanes of at least 4 members (excludes halogenated alkanes) is 2. The molecule has 0 unspecified atom stereocenters. The van der Waals surface area contributed by atoms with Crippen LogP contribution in [0, 0.1) is 0 Å². The number of hydrogen-bond acceptors (Lipinski definition) is 5. The molecule has 0 aliphatic carbocycles. The van der Waals surface area contributed by atoms with Gasteiger partial charge in [0, 0.05) is 42.7 Å². The molecule has 0 radical (unpaired) electrons. The van der Waals surface area contributed by atoms with E-state index in [0.717, 1.165) is 31.2 Å². The number of carbonyl (C=O) groups is 1. The smallest absolute Gasteiger partial charge is 0.241 e. The van der Waals surface area contributed by atoms with E-state index in [9.17, 15) is 13.2 Å². The largest absolute Gasteiger partial charge is 0.315 e. The molecular formula is C18H25N3O3S. The number of sulfonamides is 1. The number of pyridine rings is 1. The highest BCUT2D eigenvalue weighted by Crippen LogP contribution is 2.21. The Bertz CT molecular complexity index is 801. The minimum absolute atomic E-state index is 0.228. The molecule has 0 bridgehead atoms. The van der Waals surface area contributed by atoms with Gasteiger partial charge in [-0.3, -0.25) is 4.98 Å². The number of nitrogens with one attached hydrogen (secondary N) is 2. The number of hydrogen-bond donors (Lipinski definition) is 2. The van der Waals surface area contributed by atoms with Crippen LogP contribution in [0.4, 0.5) is 0 Å². The fourth-order valence-corrected chi connectivity index (χ4v) is 3.86. The molecule has 2 aromatic rings. The van der Waals surface area contributed by atoms with Crippen molar-refractivity contribution in [2.75, 3.05) is 19.6 Å². The van der Waals surface area contributed by atoms with Gasteiger partial charge in [-0.15, -0.1) is 0 Å². The van der Waals surface area contributed by atoms with Crippen molar-refractivity contribution in [3.8, 4) is 0 Å². The molecule has 1 heterocycles. The van der Waals surface area contributed by atoms with Gasteiger partial charge >= 0.3 is 0 Å². The predicted octanol–water partition coefficient (Wildman–Crippen LogP) is 2.25. The molecule has 1 aromatic carbocycles. The third-order valence-electron chi connectivity index (χ3n) is 3.91. The second-order valence-electron chi connectivity index (χ2n) is 6.01. The summed E-state index contributed by atoms with van der Waals surface area (Å²) < 4.78 is 27.6. The highest BCUT2D eigenvalue weighted by atomic mass is 32.2. The number of aromatic nitrogens is 1. The lowest BCUT2D eigenvalue weighted by molar-refractivity contribution is -0.117. The molecule has 25 heavy (non-hydrogen) atoms. The van der Waals surface area contributed by atoms with Gasteiger partial charge in [0.25, 0.3) is 0 Å². The number of fused-ring (bicyclic) bond motifs is 1. The lowest BCUT2D eigenvalue weighted by Gasteiger charge is -2.10. The summed E-state index contributed by atoms with van der Waals surface area (Å²) in [5.41, 5.74) is 0. The van der Waals surface area contributed by atoms with Gasteiger partial charge in [0.1, 0.15) is 5.78 Å². The monoisotopic (exact) mass is 363 g/mol. The molecule has 0 aliphatic heterocycles. The highest BCUT2D eigenvalue weighted by molar-refractivity contribution is 7.89. The van der Waals surface area contributed by atoms with Gasteiger partial charge in [-0.25, -0.2) is 13.1 Å². The Morgan fingerprint density at radius 2 is 1.92 bits per heavy atom. The maximum absolute atomic E-state index is 12.5. The summed E-state index contributed by atoms with van der Waals surface area (Å²) in [5.74, 6) is 0.228. The fraction of sp³-hybridized carbons (Fsp3) is 0.444. The average Bonchev–Trinajstić information content (AvgIpc) is 2.59. The Hall–Kier alpha value is -1.83. The van der Waals surface area contributed by atoms with Crippen LogP contribution in [-0.4, -0.2) is 38.8 Å². The minimum Gasteiger partial charge on any atom is -0.315 e. The van der Waals surface area contributed by atoms with Crippen molar-refractivity contribution in [1.29, 1.82) is 0 Å². The van der Waals surface area contributed by atoms with Crippen molar-refractivity contribution in [1.82, 2.24) is 15.0 Å². The Morgan fingerprint density at radius 1 is 1.08 bits per heavy atom. The summed E-state index contributed by atoms with van der Waals surface area (Å²) in [6, 6.07) is 6.88. The van der Waals surface area contributed by atoms with E-state index in [-0.39, 0.29) is 10.7 Å². The molecule has 2 N–H and O–H groups in total. The molecule has 136 valence electrons. The van der Waals surface area contributed by atoms with E-state index in [0.29, 0.717) is 24.9 Å². The zero-order chi connectivity index (χ0) is 18.1. The van der Waals surface area contributed by atoms with E-state index in [2.05, 4.69) is 15.0 Å². The molecule has 2 rings (SSSR count). The molecule has 6 nitrogen and oxygen atoms in total. The highest BCUT2D eigenvalue weighted by Gasteiger charge is 2.16. The normalized spacial score (nSPS) is 11.7. The van der Waals surface area contributed by atoms with Crippen molar-refractivity contribution < 1.29 is 13.2 Å². The first-order chi connectivity index (χ1) is 12.0. The molecule has 0 saturated carbocycles. The van der Waals surface area contributed by atoms with Crippen LogP contribution in [0.15, 0.2) is 41.6 Å². The lowest BCUT2D eigenvalue weighted by Crippen LogP contribution is -2.32. The fourth-order valence-electron chi connectivity index (χ4n) is 2.60. The molecule has 7 heteroatoms. The summed E-state index contributed by atoms with van der Waals surface area (Å²) in [6.45, 7) is 3.33. The quantitative estimate of drug-likeness (QED) is 0.598. The van der Waals surface area contributed by atoms with Gasteiger partial charge in [-0.2, -0.15) is 0 Å². The summed E-state index contributed by atoms with van der Waals surface area (Å²) in [5, 5.41) is 4.68. The van der Waals surface area contributed by atoms with Crippen LogP contribution in [0.1, 0.15) is 32.6 Å². The third-order valence-corrected chi connectivity index (χ3v) is 5.43. The molecule has 1 aromatic heterocycles. The van der Waals surface area contributed by atoms with Crippen molar-refractivity contribution in [3.63, 3.8) is 0 Å². The lowest BCUT2D eigenvalue weighted by atomic mass is 10.1. The zero-order valence-electron chi connectivity index (χ0n) is 14.5. The van der Waals surface area contributed by atoms with Crippen LogP contribution in [0.5, 0.6) is 0 Å². The molecule has 0 aliphatic rings. The van der Waals surface area contributed by atoms with Crippen LogP contribution < -0.4 is 10.0 Å². The molecule has 0 spiro atoms. The number of benzene rings is 1. The minimum atomic E-state index is -3.55. The van der Waals surface area contributed by atoms with Gasteiger partial charge in [-0.1, -0.05) is 18.6 Å². The number of ketones is 1. The number of carbonyl (C=O) groups excluding carboxylic acids is 1. The second-order valence-corrected chi connectivity index (χ2v) is 7.75. The van der Waals surface area contributed by atoms with Crippen molar-refractivity contribution >= 4 is 26.6 Å². The Morgan fingerprint density at radius 3 is 2.72 bits per heavy atom. The molecule has 0 amide bonds. The van der Waals surface area contributed by atoms with Crippen LogP contribution in [-0.2, 0) is 14.8 Å². The van der Waals surface area contributed by atoms with Crippen molar-refractivity contribution in [2.45, 2.75) is 37.5 Å². The predicted molar refractivity (Wildman–Crippen MR) is 99.0 cm³/mol. The van der Waals surface area contributed by atoms with Gasteiger partial charge in [0.15, 0.2) is 0 Å². The number of Topliss-reactive ketones (excluding diaryl/α,β-unsaturated/α-hetero) is 1. The van der Waals surface area contributed by atoms with E-state index in [1.165, 1.54) is 0 Å². The summed E-state index contributed by atoms with van der Waals surface area (Å²) in [6.07, 6.45) is 6.79. The Kier molecular flexibility index (Phi) is 7.49. The van der Waals surface area contributed by atoms with E-state index >= 15 is 0 Å². The summed E-state index contributed by atoms with van der Waals surface area (Å²) in [7, 11) is -3.55. The van der Waals surface area contributed by atoms with Crippen LogP contribution in [0.3, 0.4) is 0 Å². The Labute approximate surface area is 149 Å². The van der Waals surface area contributed by atoms with Crippen molar-refractivity contribution in [2.24, 2.45) is 0 Å². The van der Waals surface area contributed by atoms with E-state index in [1.54, 1.807) is 37.5 Å². The average molecular weight is 363 g/mol. The van der Waals surface area contributed by atoms with Crippen LogP contribution >= 0.6 is 0 Å². The van der Waals surface area contributed by atoms with E-state index in [4.69, 9.17) is 0 Å². The molecular weight excluding hydrogens is 338 g/mol. The zero-order valence-corrected chi connectivity index (χ0v) is 15.3. The van der Waals surface area contributed by atoms with Gasteiger partial charge in [0.2, 0.25) is 10.0 Å². The summed E-state index contributed by atoms with van der Waals surface area (Å²) >= 11 is 0.